The third kappa shape index (κ3) is 3.96. The first-order chi connectivity index (χ1) is 11.7. The van der Waals surface area contributed by atoms with Crippen LogP contribution in [0.2, 0.25) is 0 Å². The van der Waals surface area contributed by atoms with Crippen LogP contribution < -0.4 is 5.32 Å². The second kappa shape index (κ2) is 7.51. The lowest BCUT2D eigenvalue weighted by Crippen LogP contribution is -2.33. The highest BCUT2D eigenvalue weighted by molar-refractivity contribution is 5.89. The summed E-state index contributed by atoms with van der Waals surface area (Å²) >= 11 is 0. The predicted octanol–water partition coefficient (Wildman–Crippen LogP) is 3.22. The first-order valence-electron chi connectivity index (χ1n) is 8.61. The number of benzene rings is 1. The van der Waals surface area contributed by atoms with Crippen molar-refractivity contribution >= 4 is 17.7 Å². The topological polar surface area (TPSA) is 58.6 Å². The minimum absolute atomic E-state index is 0.0393. The molecule has 3 rings (SSSR count). The molecule has 1 aromatic rings. The van der Waals surface area contributed by atoms with Gasteiger partial charge in [-0.1, -0.05) is 24.3 Å². The Morgan fingerprint density at radius 2 is 1.75 bits per heavy atom. The second-order valence-corrected chi connectivity index (χ2v) is 6.48. The molecule has 0 aromatic heterocycles. The summed E-state index contributed by atoms with van der Waals surface area (Å²) in [6.07, 6.45) is 6.87. The first kappa shape index (κ1) is 16.6. The lowest BCUT2D eigenvalue weighted by molar-refractivity contribution is -0.142. The Balaban J connectivity index is 1.52. The van der Waals surface area contributed by atoms with Gasteiger partial charge in [-0.2, -0.15) is 0 Å². The molecule has 2 aliphatic rings. The average molecular weight is 328 g/mol. The van der Waals surface area contributed by atoms with Gasteiger partial charge in [0.05, 0.1) is 13.0 Å². The van der Waals surface area contributed by atoms with Crippen LogP contribution in [0.5, 0.6) is 0 Å². The van der Waals surface area contributed by atoms with Crippen molar-refractivity contribution in [3.63, 3.8) is 0 Å². The highest BCUT2D eigenvalue weighted by atomic mass is 16.5. The van der Waals surface area contributed by atoms with E-state index in [2.05, 4.69) is 17.5 Å². The van der Waals surface area contributed by atoms with Crippen molar-refractivity contribution in [2.24, 2.45) is 11.8 Å². The minimum Gasteiger partial charge on any atom is -0.466 e. The van der Waals surface area contributed by atoms with Crippen molar-refractivity contribution in [3.8, 4) is 0 Å². The summed E-state index contributed by atoms with van der Waals surface area (Å²) in [6, 6.07) is 7.32. The highest BCUT2D eigenvalue weighted by Gasteiger charge is 2.35. The average Bonchev–Trinajstić information content (AvgIpc) is 3.01. The number of carbonyl (C=O) groups is 2. The molecule has 2 atom stereocenters. The van der Waals surface area contributed by atoms with Crippen molar-refractivity contribution in [1.29, 1.82) is 0 Å². The highest BCUT2D eigenvalue weighted by Crippen LogP contribution is 2.32. The zero-order valence-corrected chi connectivity index (χ0v) is 14.0. The molecule has 5 nitrogen and oxygen atoms in total. The van der Waals surface area contributed by atoms with E-state index in [-0.39, 0.29) is 18.4 Å². The molecule has 128 valence electrons. The van der Waals surface area contributed by atoms with E-state index in [1.807, 2.05) is 29.2 Å². The van der Waals surface area contributed by atoms with E-state index in [0.29, 0.717) is 18.4 Å². The molecule has 2 amide bonds. The maximum atomic E-state index is 12.4. The molecule has 0 unspecified atom stereocenters. The van der Waals surface area contributed by atoms with Gasteiger partial charge in [0.25, 0.3) is 0 Å². The Morgan fingerprint density at radius 1 is 1.12 bits per heavy atom. The van der Waals surface area contributed by atoms with Crippen molar-refractivity contribution in [2.75, 3.05) is 25.0 Å². The van der Waals surface area contributed by atoms with Crippen LogP contribution in [0.3, 0.4) is 0 Å². The quantitative estimate of drug-likeness (QED) is 0.682. The minimum atomic E-state index is -0.234. The standard InChI is InChI=1S/C19H24N2O3/c1-2-24-18(22)11-14-7-9-17(10-8-14)20-19(23)21-12-15-5-3-4-6-16(15)13-21/h3-4,7-10,15-16H,2,5-6,11-13H2,1H3,(H,20,23)/t15-,16+. The molecule has 24 heavy (non-hydrogen) atoms. The van der Waals surface area contributed by atoms with Gasteiger partial charge in [-0.05, 0) is 49.3 Å². The van der Waals surface area contributed by atoms with E-state index in [1.54, 1.807) is 6.92 Å². The summed E-state index contributed by atoms with van der Waals surface area (Å²) in [5.74, 6) is 0.975. The molecule has 0 saturated carbocycles. The second-order valence-electron chi connectivity index (χ2n) is 6.48. The molecular weight excluding hydrogens is 304 g/mol. The molecule has 0 bridgehead atoms. The lowest BCUT2D eigenvalue weighted by atomic mass is 9.86. The molecule has 0 radical (unpaired) electrons. The molecular formula is C19H24N2O3. The van der Waals surface area contributed by atoms with Gasteiger partial charge < -0.3 is 15.0 Å². The van der Waals surface area contributed by atoms with Crippen LogP contribution in [-0.4, -0.2) is 36.6 Å². The van der Waals surface area contributed by atoms with Crippen molar-refractivity contribution in [3.05, 3.63) is 42.0 Å². The molecule has 5 heteroatoms. The molecule has 0 spiro atoms. The number of anilines is 1. The number of esters is 1. The maximum Gasteiger partial charge on any atom is 0.321 e. The zero-order chi connectivity index (χ0) is 16.9. The monoisotopic (exact) mass is 328 g/mol. The summed E-state index contributed by atoms with van der Waals surface area (Å²) in [5, 5.41) is 2.95. The van der Waals surface area contributed by atoms with Gasteiger partial charge in [-0.3, -0.25) is 4.79 Å². The van der Waals surface area contributed by atoms with E-state index in [0.717, 1.165) is 37.2 Å². The summed E-state index contributed by atoms with van der Waals surface area (Å²) in [6.45, 7) is 3.85. The number of nitrogens with one attached hydrogen (secondary N) is 1. The van der Waals surface area contributed by atoms with Crippen LogP contribution in [0.4, 0.5) is 10.5 Å². The number of likely N-dealkylation sites (tertiary alicyclic amines) is 1. The van der Waals surface area contributed by atoms with Gasteiger partial charge in [-0.25, -0.2) is 4.79 Å². The fourth-order valence-electron chi connectivity index (χ4n) is 3.47. The van der Waals surface area contributed by atoms with E-state index < -0.39 is 0 Å². The van der Waals surface area contributed by atoms with Crippen molar-refractivity contribution in [1.82, 2.24) is 4.90 Å². The van der Waals surface area contributed by atoms with Crippen molar-refractivity contribution in [2.45, 2.75) is 26.2 Å². The first-order valence-corrected chi connectivity index (χ1v) is 8.61. The number of hydrogen-bond acceptors (Lipinski definition) is 3. The lowest BCUT2D eigenvalue weighted by Gasteiger charge is -2.17. The number of fused-ring (bicyclic) bond motifs is 1. The van der Waals surface area contributed by atoms with Crippen LogP contribution >= 0.6 is 0 Å². The van der Waals surface area contributed by atoms with Gasteiger partial charge in [0, 0.05) is 18.8 Å². The Hall–Kier alpha value is -2.30. The normalized spacial score (nSPS) is 22.1. The molecule has 1 heterocycles. The maximum absolute atomic E-state index is 12.4. The number of ether oxygens (including phenoxy) is 1. The number of urea groups is 1. The number of hydrogen-bond donors (Lipinski definition) is 1. The summed E-state index contributed by atoms with van der Waals surface area (Å²) in [5.41, 5.74) is 1.63. The van der Waals surface area contributed by atoms with E-state index >= 15 is 0 Å². The van der Waals surface area contributed by atoms with Gasteiger partial charge in [0.15, 0.2) is 0 Å². The molecule has 1 N–H and O–H groups in total. The van der Waals surface area contributed by atoms with Crippen LogP contribution in [0.1, 0.15) is 25.3 Å². The smallest absolute Gasteiger partial charge is 0.321 e. The molecule has 1 aliphatic carbocycles. The van der Waals surface area contributed by atoms with Crippen LogP contribution in [0, 0.1) is 11.8 Å². The zero-order valence-electron chi connectivity index (χ0n) is 14.0. The Morgan fingerprint density at radius 3 is 2.33 bits per heavy atom. The third-order valence-electron chi connectivity index (χ3n) is 4.77. The number of carbonyl (C=O) groups excluding carboxylic acids is 2. The SMILES string of the molecule is CCOC(=O)Cc1ccc(NC(=O)N2C[C@H]3CC=CC[C@H]3C2)cc1. The molecule has 1 saturated heterocycles. The van der Waals surface area contributed by atoms with Gasteiger partial charge in [0.1, 0.15) is 0 Å². The summed E-state index contributed by atoms with van der Waals surface area (Å²) < 4.78 is 4.93. The number of allylic oxidation sites excluding steroid dienone is 2. The number of nitrogens with zero attached hydrogens (tertiary/aromatic N) is 1. The van der Waals surface area contributed by atoms with Gasteiger partial charge in [-0.15, -0.1) is 0 Å². The summed E-state index contributed by atoms with van der Waals surface area (Å²) in [7, 11) is 0. The number of rotatable bonds is 4. The van der Waals surface area contributed by atoms with E-state index in [1.165, 1.54) is 0 Å². The molecule has 1 aliphatic heterocycles. The predicted molar refractivity (Wildman–Crippen MR) is 92.7 cm³/mol. The van der Waals surface area contributed by atoms with E-state index in [9.17, 15) is 9.59 Å². The van der Waals surface area contributed by atoms with Crippen LogP contribution in [0.25, 0.3) is 0 Å². The molecule has 1 aromatic carbocycles. The Labute approximate surface area is 142 Å². The number of amides is 2. The van der Waals surface area contributed by atoms with Gasteiger partial charge in [0.2, 0.25) is 0 Å². The van der Waals surface area contributed by atoms with Crippen molar-refractivity contribution < 1.29 is 14.3 Å². The Bertz CT molecular complexity index is 608. The largest absolute Gasteiger partial charge is 0.466 e. The fourth-order valence-corrected chi connectivity index (χ4v) is 3.47. The molecule has 1 fully saturated rings. The third-order valence-corrected chi connectivity index (χ3v) is 4.77. The van der Waals surface area contributed by atoms with Crippen LogP contribution in [0.15, 0.2) is 36.4 Å². The van der Waals surface area contributed by atoms with Gasteiger partial charge >= 0.3 is 12.0 Å². The van der Waals surface area contributed by atoms with E-state index in [4.69, 9.17) is 4.74 Å². The summed E-state index contributed by atoms with van der Waals surface area (Å²) in [4.78, 5) is 25.8. The Kier molecular flexibility index (Phi) is 5.18. The fraction of sp³-hybridized carbons (Fsp3) is 0.474. The van der Waals surface area contributed by atoms with Crippen LogP contribution in [-0.2, 0) is 16.0 Å².